The number of anilines is 2. The quantitative estimate of drug-likeness (QED) is 0.800. The molecule has 0 N–H and O–H groups in total. The second-order valence-electron chi connectivity index (χ2n) is 6.31. The van der Waals surface area contributed by atoms with Gasteiger partial charge >= 0.3 is 0 Å². The van der Waals surface area contributed by atoms with E-state index in [1.54, 1.807) is 0 Å². The highest BCUT2D eigenvalue weighted by Crippen LogP contribution is 2.24. The highest BCUT2D eigenvalue weighted by atomic mass is 15.2. The van der Waals surface area contributed by atoms with E-state index in [9.17, 15) is 0 Å². The van der Waals surface area contributed by atoms with Crippen molar-refractivity contribution in [3.63, 3.8) is 0 Å². The van der Waals surface area contributed by atoms with Crippen LogP contribution in [0.3, 0.4) is 0 Å². The molecule has 1 aliphatic heterocycles. The summed E-state index contributed by atoms with van der Waals surface area (Å²) in [6.07, 6.45) is 4.91. The molecule has 1 atom stereocenters. The molecule has 21 heavy (non-hydrogen) atoms. The summed E-state index contributed by atoms with van der Waals surface area (Å²) in [6, 6.07) is 2.19. The van der Waals surface area contributed by atoms with Gasteiger partial charge in [-0.1, -0.05) is 20.8 Å². The van der Waals surface area contributed by atoms with E-state index in [1.165, 1.54) is 12.8 Å². The van der Waals surface area contributed by atoms with Crippen molar-refractivity contribution in [2.24, 2.45) is 5.92 Å². The van der Waals surface area contributed by atoms with Crippen LogP contribution in [0.1, 0.15) is 52.3 Å². The predicted octanol–water partition coefficient (Wildman–Crippen LogP) is 3.65. The average Bonchev–Trinajstić information content (AvgIpc) is 2.46. The fourth-order valence-corrected chi connectivity index (χ4v) is 3.14. The van der Waals surface area contributed by atoms with E-state index in [0.717, 1.165) is 62.4 Å². The highest BCUT2D eigenvalue weighted by Gasteiger charge is 2.19. The van der Waals surface area contributed by atoms with Crippen molar-refractivity contribution in [3.05, 3.63) is 11.9 Å². The molecular weight excluding hydrogens is 260 g/mol. The van der Waals surface area contributed by atoms with Gasteiger partial charge in [-0.2, -0.15) is 0 Å². The number of aryl methyl sites for hydroxylation is 1. The molecule has 118 valence electrons. The molecule has 1 aromatic heterocycles. The minimum atomic E-state index is 0.764. The maximum absolute atomic E-state index is 4.68. The highest BCUT2D eigenvalue weighted by molar-refractivity contribution is 5.51. The van der Waals surface area contributed by atoms with E-state index < -0.39 is 0 Å². The Morgan fingerprint density at radius 2 is 1.95 bits per heavy atom. The van der Waals surface area contributed by atoms with Crippen molar-refractivity contribution < 1.29 is 0 Å². The Labute approximate surface area is 129 Å². The summed E-state index contributed by atoms with van der Waals surface area (Å²) in [6.45, 7) is 13.2. The first-order valence-corrected chi connectivity index (χ1v) is 8.49. The third-order valence-electron chi connectivity index (χ3n) is 4.10. The third kappa shape index (κ3) is 4.32. The fourth-order valence-electron chi connectivity index (χ4n) is 3.14. The summed E-state index contributed by atoms with van der Waals surface area (Å²) in [5.74, 6) is 3.86. The molecule has 1 aliphatic rings. The van der Waals surface area contributed by atoms with E-state index in [4.69, 9.17) is 0 Å². The van der Waals surface area contributed by atoms with Gasteiger partial charge in [-0.15, -0.1) is 0 Å². The van der Waals surface area contributed by atoms with Gasteiger partial charge in [0.05, 0.1) is 0 Å². The Balaban J connectivity index is 2.22. The summed E-state index contributed by atoms with van der Waals surface area (Å²) < 4.78 is 0. The lowest BCUT2D eigenvalue weighted by Crippen LogP contribution is -2.35. The van der Waals surface area contributed by atoms with Gasteiger partial charge in [-0.05, 0) is 38.5 Å². The zero-order valence-corrected chi connectivity index (χ0v) is 14.1. The van der Waals surface area contributed by atoms with Crippen molar-refractivity contribution in [1.82, 2.24) is 9.97 Å². The first-order chi connectivity index (χ1) is 10.1. The Bertz CT molecular complexity index is 417. The van der Waals surface area contributed by atoms with Gasteiger partial charge in [0, 0.05) is 32.2 Å². The third-order valence-corrected chi connectivity index (χ3v) is 4.10. The lowest BCUT2D eigenvalue weighted by atomic mass is 10.0. The van der Waals surface area contributed by atoms with E-state index >= 15 is 0 Å². The van der Waals surface area contributed by atoms with E-state index in [-0.39, 0.29) is 0 Å². The molecule has 2 heterocycles. The maximum Gasteiger partial charge on any atom is 0.134 e. The molecule has 4 heteroatoms. The summed E-state index contributed by atoms with van der Waals surface area (Å²) in [5.41, 5.74) is 0. The van der Waals surface area contributed by atoms with Crippen molar-refractivity contribution in [3.8, 4) is 0 Å². The number of rotatable bonds is 6. The standard InChI is InChI=1S/C17H30N4/c1-5-9-20(10-6-2)16-12-17(19-15(4)18-16)21-11-7-8-14(3)13-21/h12,14H,5-11,13H2,1-4H3. The monoisotopic (exact) mass is 290 g/mol. The molecule has 0 saturated carbocycles. The van der Waals surface area contributed by atoms with Crippen molar-refractivity contribution in [2.45, 2.75) is 53.4 Å². The van der Waals surface area contributed by atoms with Crippen molar-refractivity contribution in [1.29, 1.82) is 0 Å². The zero-order chi connectivity index (χ0) is 15.2. The Kier molecular flexibility index (Phi) is 5.83. The number of hydrogen-bond donors (Lipinski definition) is 0. The largest absolute Gasteiger partial charge is 0.356 e. The van der Waals surface area contributed by atoms with Crippen LogP contribution in [0.2, 0.25) is 0 Å². The van der Waals surface area contributed by atoms with E-state index in [1.807, 2.05) is 6.92 Å². The summed E-state index contributed by atoms with van der Waals surface area (Å²) >= 11 is 0. The molecular formula is C17H30N4. The normalized spacial score (nSPS) is 18.9. The Morgan fingerprint density at radius 3 is 2.57 bits per heavy atom. The summed E-state index contributed by atoms with van der Waals surface area (Å²) in [4.78, 5) is 14.2. The molecule has 1 saturated heterocycles. The molecule has 2 rings (SSSR count). The molecule has 0 bridgehead atoms. The molecule has 0 aromatic carbocycles. The number of aromatic nitrogens is 2. The van der Waals surface area contributed by atoms with Crippen LogP contribution in [0, 0.1) is 12.8 Å². The molecule has 1 fully saturated rings. The predicted molar refractivity (Wildman–Crippen MR) is 90.2 cm³/mol. The molecule has 1 aromatic rings. The SMILES string of the molecule is CCCN(CCC)c1cc(N2CCCC(C)C2)nc(C)n1. The summed E-state index contributed by atoms with van der Waals surface area (Å²) in [7, 11) is 0. The molecule has 0 radical (unpaired) electrons. The van der Waals surface area contributed by atoms with Crippen LogP contribution < -0.4 is 9.80 Å². The number of piperidine rings is 1. The molecule has 0 amide bonds. The van der Waals surface area contributed by atoms with Gasteiger partial charge in [0.1, 0.15) is 17.5 Å². The van der Waals surface area contributed by atoms with Gasteiger partial charge in [0.15, 0.2) is 0 Å². The van der Waals surface area contributed by atoms with Crippen LogP contribution in [-0.4, -0.2) is 36.1 Å². The zero-order valence-electron chi connectivity index (χ0n) is 14.1. The minimum Gasteiger partial charge on any atom is -0.356 e. The van der Waals surface area contributed by atoms with E-state index in [0.29, 0.717) is 0 Å². The molecule has 0 aliphatic carbocycles. The van der Waals surface area contributed by atoms with Crippen LogP contribution in [0.5, 0.6) is 0 Å². The number of nitrogens with zero attached hydrogens (tertiary/aromatic N) is 4. The maximum atomic E-state index is 4.68. The Morgan fingerprint density at radius 1 is 1.24 bits per heavy atom. The van der Waals surface area contributed by atoms with Gasteiger partial charge in [0.2, 0.25) is 0 Å². The van der Waals surface area contributed by atoms with Gasteiger partial charge in [-0.3, -0.25) is 0 Å². The Hall–Kier alpha value is -1.32. The smallest absolute Gasteiger partial charge is 0.134 e. The second-order valence-corrected chi connectivity index (χ2v) is 6.31. The lowest BCUT2D eigenvalue weighted by molar-refractivity contribution is 0.444. The van der Waals surface area contributed by atoms with Gasteiger partial charge in [0.25, 0.3) is 0 Å². The minimum absolute atomic E-state index is 0.764. The second kappa shape index (κ2) is 7.62. The van der Waals surface area contributed by atoms with Crippen molar-refractivity contribution in [2.75, 3.05) is 36.0 Å². The van der Waals surface area contributed by atoms with Gasteiger partial charge < -0.3 is 9.80 Å². The molecule has 4 nitrogen and oxygen atoms in total. The first-order valence-electron chi connectivity index (χ1n) is 8.49. The lowest BCUT2D eigenvalue weighted by Gasteiger charge is -2.33. The number of hydrogen-bond acceptors (Lipinski definition) is 4. The topological polar surface area (TPSA) is 32.3 Å². The van der Waals surface area contributed by atoms with Crippen LogP contribution in [-0.2, 0) is 0 Å². The summed E-state index contributed by atoms with van der Waals surface area (Å²) in [5, 5.41) is 0. The van der Waals surface area contributed by atoms with Crippen LogP contribution >= 0.6 is 0 Å². The van der Waals surface area contributed by atoms with Crippen LogP contribution in [0.15, 0.2) is 6.07 Å². The molecule has 1 unspecified atom stereocenters. The van der Waals surface area contributed by atoms with Crippen molar-refractivity contribution >= 4 is 11.6 Å². The molecule has 0 spiro atoms. The van der Waals surface area contributed by atoms with E-state index in [2.05, 4.69) is 46.6 Å². The fraction of sp³-hybridized carbons (Fsp3) is 0.765. The van der Waals surface area contributed by atoms with Crippen LogP contribution in [0.4, 0.5) is 11.6 Å². The first kappa shape index (κ1) is 16.1. The average molecular weight is 290 g/mol. The van der Waals surface area contributed by atoms with Crippen LogP contribution in [0.25, 0.3) is 0 Å². The van der Waals surface area contributed by atoms with Gasteiger partial charge in [-0.25, -0.2) is 9.97 Å².